The molecule has 1 atom stereocenters. The first-order valence-electron chi connectivity index (χ1n) is 7.75. The number of furan rings is 1. The lowest BCUT2D eigenvalue weighted by Crippen LogP contribution is -2.35. The highest BCUT2D eigenvalue weighted by Gasteiger charge is 2.16. The van der Waals surface area contributed by atoms with Crippen LogP contribution in [0.4, 0.5) is 10.6 Å². The Bertz CT molecular complexity index is 634. The summed E-state index contributed by atoms with van der Waals surface area (Å²) in [5, 5.41) is 19.4. The van der Waals surface area contributed by atoms with Gasteiger partial charge in [-0.2, -0.15) is 5.10 Å². The van der Waals surface area contributed by atoms with E-state index in [9.17, 15) is 9.90 Å². The lowest BCUT2D eigenvalue weighted by molar-refractivity contribution is 0.213. The minimum Gasteiger partial charge on any atom is -0.469 e. The van der Waals surface area contributed by atoms with Crippen molar-refractivity contribution in [1.29, 1.82) is 0 Å². The highest BCUT2D eigenvalue weighted by molar-refractivity contribution is 5.89. The van der Waals surface area contributed by atoms with Gasteiger partial charge in [0.15, 0.2) is 0 Å². The van der Waals surface area contributed by atoms with E-state index in [0.717, 1.165) is 23.4 Å². The second kappa shape index (κ2) is 7.82. The molecule has 2 rings (SSSR count). The van der Waals surface area contributed by atoms with E-state index in [-0.39, 0.29) is 18.6 Å². The topological polar surface area (TPSA) is 92.3 Å². The third-order valence-corrected chi connectivity index (χ3v) is 3.81. The normalized spacial score (nSPS) is 12.2. The molecule has 0 aliphatic carbocycles. The van der Waals surface area contributed by atoms with Gasteiger partial charge in [0, 0.05) is 38.1 Å². The summed E-state index contributed by atoms with van der Waals surface area (Å²) in [5.74, 6) is 1.40. The molecule has 7 nitrogen and oxygen atoms in total. The summed E-state index contributed by atoms with van der Waals surface area (Å²) in [6.45, 7) is 4.29. The predicted molar refractivity (Wildman–Crippen MR) is 87.3 cm³/mol. The van der Waals surface area contributed by atoms with E-state index in [1.165, 1.54) is 0 Å². The molecule has 2 aromatic heterocycles. The zero-order chi connectivity index (χ0) is 16.8. The van der Waals surface area contributed by atoms with Crippen LogP contribution in [0, 0.1) is 12.8 Å². The summed E-state index contributed by atoms with van der Waals surface area (Å²) in [5.41, 5.74) is 1.94. The van der Waals surface area contributed by atoms with E-state index in [1.807, 2.05) is 19.9 Å². The number of aliphatic hydroxyl groups is 1. The fraction of sp³-hybridized carbons (Fsp3) is 0.500. The van der Waals surface area contributed by atoms with Crippen LogP contribution in [0.25, 0.3) is 0 Å². The summed E-state index contributed by atoms with van der Waals surface area (Å²) < 4.78 is 6.93. The molecule has 0 saturated heterocycles. The van der Waals surface area contributed by atoms with Crippen molar-refractivity contribution in [2.45, 2.75) is 26.7 Å². The molecular formula is C16H24N4O3. The predicted octanol–water partition coefficient (Wildman–Crippen LogP) is 1.86. The standard InChI is InChI=1S/C16H24N4O3/c1-4-14-11(2)19-20(3)15(14)18-16(22)17-9-12(10-21)8-13-6-5-7-23-13/h5-7,12,21H,4,8-10H2,1-3H3,(H2,17,18,22). The molecule has 3 N–H and O–H groups in total. The quantitative estimate of drug-likeness (QED) is 0.726. The van der Waals surface area contributed by atoms with Gasteiger partial charge in [-0.1, -0.05) is 6.92 Å². The third-order valence-electron chi connectivity index (χ3n) is 3.81. The minimum absolute atomic E-state index is 0.0218. The fourth-order valence-electron chi connectivity index (χ4n) is 2.58. The molecule has 7 heteroatoms. The number of rotatable bonds is 7. The van der Waals surface area contributed by atoms with Crippen molar-refractivity contribution in [1.82, 2.24) is 15.1 Å². The number of amides is 2. The number of anilines is 1. The lowest BCUT2D eigenvalue weighted by Gasteiger charge is -2.15. The summed E-state index contributed by atoms with van der Waals surface area (Å²) in [6, 6.07) is 3.36. The molecule has 2 amide bonds. The molecule has 2 aromatic rings. The molecule has 23 heavy (non-hydrogen) atoms. The van der Waals surface area contributed by atoms with Crippen LogP contribution in [-0.2, 0) is 19.9 Å². The number of hydrogen-bond donors (Lipinski definition) is 3. The maximum Gasteiger partial charge on any atom is 0.320 e. The Kier molecular flexibility index (Phi) is 5.81. The molecule has 0 aliphatic rings. The largest absolute Gasteiger partial charge is 0.469 e. The maximum absolute atomic E-state index is 12.1. The number of carbonyl (C=O) groups is 1. The van der Waals surface area contributed by atoms with E-state index in [2.05, 4.69) is 15.7 Å². The van der Waals surface area contributed by atoms with Crippen LogP contribution in [0.1, 0.15) is 23.9 Å². The molecule has 0 bridgehead atoms. The van der Waals surface area contributed by atoms with Crippen molar-refractivity contribution in [2.24, 2.45) is 13.0 Å². The van der Waals surface area contributed by atoms with Gasteiger partial charge in [-0.25, -0.2) is 4.79 Å². The van der Waals surface area contributed by atoms with E-state index in [0.29, 0.717) is 18.8 Å². The Hall–Kier alpha value is -2.28. The summed E-state index contributed by atoms with van der Waals surface area (Å²) >= 11 is 0. The van der Waals surface area contributed by atoms with Gasteiger partial charge in [0.25, 0.3) is 0 Å². The molecule has 1 unspecified atom stereocenters. The van der Waals surface area contributed by atoms with Crippen molar-refractivity contribution in [3.63, 3.8) is 0 Å². The van der Waals surface area contributed by atoms with Crippen LogP contribution in [0.3, 0.4) is 0 Å². The Morgan fingerprint density at radius 3 is 2.91 bits per heavy atom. The number of aryl methyl sites for hydroxylation is 2. The highest BCUT2D eigenvalue weighted by atomic mass is 16.3. The zero-order valence-electron chi connectivity index (χ0n) is 13.8. The zero-order valence-corrected chi connectivity index (χ0v) is 13.8. The molecule has 0 aromatic carbocycles. The van der Waals surface area contributed by atoms with E-state index < -0.39 is 0 Å². The lowest BCUT2D eigenvalue weighted by atomic mass is 10.1. The summed E-state index contributed by atoms with van der Waals surface area (Å²) in [6.07, 6.45) is 2.97. The van der Waals surface area contributed by atoms with Crippen LogP contribution in [0.15, 0.2) is 22.8 Å². The fourth-order valence-corrected chi connectivity index (χ4v) is 2.58. The number of hydrogen-bond acceptors (Lipinski definition) is 4. The van der Waals surface area contributed by atoms with Gasteiger partial charge < -0.3 is 14.8 Å². The third kappa shape index (κ3) is 4.35. The van der Waals surface area contributed by atoms with Crippen molar-refractivity contribution in [3.8, 4) is 0 Å². The second-order valence-electron chi connectivity index (χ2n) is 5.56. The van der Waals surface area contributed by atoms with Gasteiger partial charge in [0.2, 0.25) is 0 Å². The number of carbonyl (C=O) groups excluding carboxylic acids is 1. The first-order valence-corrected chi connectivity index (χ1v) is 7.75. The number of nitrogens with one attached hydrogen (secondary N) is 2. The molecule has 0 aliphatic heterocycles. The summed E-state index contributed by atoms with van der Waals surface area (Å²) in [7, 11) is 1.80. The van der Waals surface area contributed by atoms with Gasteiger partial charge in [0.1, 0.15) is 11.6 Å². The van der Waals surface area contributed by atoms with Crippen LogP contribution in [0.2, 0.25) is 0 Å². The first kappa shape index (κ1) is 17.1. The SMILES string of the molecule is CCc1c(C)nn(C)c1NC(=O)NCC(CO)Cc1ccco1. The van der Waals surface area contributed by atoms with Crippen molar-refractivity contribution in [3.05, 3.63) is 35.4 Å². The van der Waals surface area contributed by atoms with E-state index in [4.69, 9.17) is 4.42 Å². The number of nitrogens with zero attached hydrogens (tertiary/aromatic N) is 2. The summed E-state index contributed by atoms with van der Waals surface area (Å²) in [4.78, 5) is 12.1. The van der Waals surface area contributed by atoms with Crippen LogP contribution >= 0.6 is 0 Å². The molecule has 0 fully saturated rings. The smallest absolute Gasteiger partial charge is 0.320 e. The minimum atomic E-state index is -0.305. The van der Waals surface area contributed by atoms with E-state index >= 15 is 0 Å². The monoisotopic (exact) mass is 320 g/mol. The van der Waals surface area contributed by atoms with Gasteiger partial charge in [0.05, 0.1) is 12.0 Å². The van der Waals surface area contributed by atoms with Gasteiger partial charge in [-0.3, -0.25) is 10.00 Å². The van der Waals surface area contributed by atoms with Crippen LogP contribution < -0.4 is 10.6 Å². The van der Waals surface area contributed by atoms with Crippen molar-refractivity contribution in [2.75, 3.05) is 18.5 Å². The van der Waals surface area contributed by atoms with E-state index in [1.54, 1.807) is 24.1 Å². The average molecular weight is 320 g/mol. The highest BCUT2D eigenvalue weighted by Crippen LogP contribution is 2.19. The molecule has 126 valence electrons. The van der Waals surface area contributed by atoms with Crippen molar-refractivity contribution < 1.29 is 14.3 Å². The molecule has 0 spiro atoms. The first-order chi connectivity index (χ1) is 11.0. The molecule has 0 radical (unpaired) electrons. The van der Waals surface area contributed by atoms with Crippen LogP contribution in [0.5, 0.6) is 0 Å². The molecule has 0 saturated carbocycles. The molecule has 2 heterocycles. The van der Waals surface area contributed by atoms with Gasteiger partial charge in [-0.05, 0) is 25.5 Å². The number of aromatic nitrogens is 2. The van der Waals surface area contributed by atoms with Crippen LogP contribution in [-0.4, -0.2) is 34.1 Å². The number of urea groups is 1. The number of aliphatic hydroxyl groups excluding tert-OH is 1. The van der Waals surface area contributed by atoms with Gasteiger partial charge >= 0.3 is 6.03 Å². The van der Waals surface area contributed by atoms with Gasteiger partial charge in [-0.15, -0.1) is 0 Å². The average Bonchev–Trinajstić information content (AvgIpc) is 3.12. The Balaban J connectivity index is 1.89. The van der Waals surface area contributed by atoms with Crippen molar-refractivity contribution >= 4 is 11.8 Å². The second-order valence-corrected chi connectivity index (χ2v) is 5.56. The Morgan fingerprint density at radius 2 is 2.30 bits per heavy atom. The molecular weight excluding hydrogens is 296 g/mol. The Morgan fingerprint density at radius 1 is 1.52 bits per heavy atom. The maximum atomic E-state index is 12.1. The Labute approximate surface area is 135 Å².